The molecule has 0 bridgehead atoms. The monoisotopic (exact) mass is 1900 g/mol. The number of rotatable bonds is 20. The van der Waals surface area contributed by atoms with Gasteiger partial charge in [0.1, 0.15) is 73.0 Å². The molecule has 14 atom stereocenters. The van der Waals surface area contributed by atoms with E-state index in [0.717, 1.165) is 9.80 Å². The molecular formula is C86H93F12N17O15S2. The number of hydrogen-bond donors (Lipinski definition) is 7. The smallest absolute Gasteiger partial charge is 0.368 e. The molecule has 0 aliphatic carbocycles. The number of primary amides is 1. The molecule has 0 radical (unpaired) electrons. The van der Waals surface area contributed by atoms with Gasteiger partial charge in [0.2, 0.25) is 65.0 Å². The third kappa shape index (κ3) is 20.6. The van der Waals surface area contributed by atoms with Gasteiger partial charge in [-0.2, -0.15) is 52.7 Å². The largest absolute Gasteiger partial charge is 0.416 e. The van der Waals surface area contributed by atoms with Gasteiger partial charge in [0.25, 0.3) is 11.8 Å². The fourth-order valence-electron chi connectivity index (χ4n) is 20.0. The Morgan fingerprint density at radius 2 is 0.553 bits per heavy atom. The number of likely N-dealkylation sites (tertiary alicyclic amines) is 10. The Morgan fingerprint density at radius 1 is 0.326 bits per heavy atom. The van der Waals surface area contributed by atoms with Gasteiger partial charge >= 0.3 is 24.7 Å². The fourth-order valence-corrected chi connectivity index (χ4v) is 20.6. The number of thiocarbonyl (C=S) groups is 2. The Kier molecular flexibility index (Phi) is 28.0. The Balaban J connectivity index is 0.707. The lowest BCUT2D eigenvalue weighted by molar-refractivity contribution is -0.155. The summed E-state index contributed by atoms with van der Waals surface area (Å²) in [6.45, 7) is -0.505. The molecular weight excluding hydrogens is 1800 g/mol. The highest BCUT2D eigenvalue weighted by Gasteiger charge is 2.56. The first-order valence-electron chi connectivity index (χ1n) is 43.1. The van der Waals surface area contributed by atoms with E-state index in [9.17, 15) is 91.0 Å². The molecule has 10 aliphatic heterocycles. The van der Waals surface area contributed by atoms with Gasteiger partial charge in [0.15, 0.2) is 10.2 Å². The number of anilines is 2. The number of nitrogens with two attached hydrogens (primary N) is 1. The van der Waals surface area contributed by atoms with Crippen molar-refractivity contribution in [2.75, 3.05) is 76.1 Å². The number of nitrogens with one attached hydrogen (secondary N) is 6. The van der Waals surface area contributed by atoms with Crippen LogP contribution in [0, 0.1) is 0 Å². The minimum absolute atomic E-state index is 0.0112. The quantitative estimate of drug-likeness (QED) is 0.0310. The number of benzene rings is 4. The summed E-state index contributed by atoms with van der Waals surface area (Å²) in [5.74, 6) is -9.49. The fraction of sp³-hybridized carbons (Fsp3) is 0.523. The number of halogens is 12. The van der Waals surface area contributed by atoms with E-state index in [2.05, 4.69) is 31.9 Å². The summed E-state index contributed by atoms with van der Waals surface area (Å²) in [5.41, 5.74) is -1.50. The summed E-state index contributed by atoms with van der Waals surface area (Å²) < 4.78 is 170. The molecule has 8 N–H and O–H groups in total. The van der Waals surface area contributed by atoms with Crippen molar-refractivity contribution in [2.45, 2.75) is 219 Å². The van der Waals surface area contributed by atoms with Crippen LogP contribution in [0.25, 0.3) is 0 Å². The summed E-state index contributed by atoms with van der Waals surface area (Å²) in [6, 6.07) is -4.76. The molecule has 708 valence electrons. The van der Waals surface area contributed by atoms with Gasteiger partial charge in [-0.15, -0.1) is 0 Å². The van der Waals surface area contributed by atoms with Gasteiger partial charge in [0, 0.05) is 130 Å². The molecule has 32 nitrogen and oxygen atoms in total. The Hall–Kier alpha value is -12.1. The average molecular weight is 1900 g/mol. The summed E-state index contributed by atoms with van der Waals surface area (Å²) in [6.07, 6.45) is -19.7. The molecule has 4 aromatic rings. The lowest BCUT2D eigenvalue weighted by Gasteiger charge is -2.37. The number of hydrogen-bond acceptors (Lipinski definition) is 17. The van der Waals surface area contributed by atoms with E-state index >= 15 is 33.6 Å². The van der Waals surface area contributed by atoms with Crippen molar-refractivity contribution in [3.8, 4) is 0 Å². The maximum absolute atomic E-state index is 15.8. The first-order valence-corrected chi connectivity index (χ1v) is 44.0. The normalized spacial score (nSPS) is 25.7. The zero-order chi connectivity index (χ0) is 95.2. The number of aldehydes is 2. The van der Waals surface area contributed by atoms with E-state index in [0.29, 0.717) is 54.4 Å². The van der Waals surface area contributed by atoms with Gasteiger partial charge < -0.3 is 86.6 Å². The van der Waals surface area contributed by atoms with Crippen LogP contribution >= 0.6 is 24.4 Å². The van der Waals surface area contributed by atoms with Gasteiger partial charge in [-0.3, -0.25) is 71.9 Å². The molecule has 10 aliphatic rings. The Bertz CT molecular complexity index is 4890. The van der Waals surface area contributed by atoms with E-state index < -0.39 is 256 Å². The molecule has 4 aromatic carbocycles. The zero-order valence-corrected chi connectivity index (χ0v) is 72.4. The van der Waals surface area contributed by atoms with Crippen LogP contribution < -0.4 is 37.6 Å². The second-order valence-electron chi connectivity index (χ2n) is 34.7. The number of amides is 13. The van der Waals surface area contributed by atoms with Crippen LogP contribution in [0.15, 0.2) is 84.9 Å². The Morgan fingerprint density at radius 3 is 0.803 bits per heavy atom. The summed E-state index contributed by atoms with van der Waals surface area (Å²) >= 11 is 11.0. The van der Waals surface area contributed by atoms with Crippen LogP contribution in [0.5, 0.6) is 0 Å². The van der Waals surface area contributed by atoms with Crippen molar-refractivity contribution < 1.29 is 125 Å². The highest BCUT2D eigenvalue weighted by molar-refractivity contribution is 7.80. The highest BCUT2D eigenvalue weighted by Crippen LogP contribution is 2.43. The summed E-state index contributed by atoms with van der Waals surface area (Å²) in [5, 5.41) is 14.8. The SMILES string of the molecule is CC(=O)N1C[C@@H](NC(=O)c2ccc(C=O)cc2)C[C@H]1C(=O)N1CCC[C@H]1C(=O)N1CCC[C@H]1C(=O)N1C[C@@H](NC(=S)Nc2cc(C(F)(F)F)cc(C(F)(F)F)c2)C[C@H]1C(=O)N1CCC[C@H]1C(=O)N1CCC[C@H]1C(=O)N1C[C@@H](NC(=S)Nc2cc(C(F)(F)F)cc(C(F)(F)F)c2)C[C@H]1C(=O)N1CCC[C@H]1C(=O)N1CCC[C@H]1C(=O)N1C[C@@H](NC(=O)c2ccc(C=O)cc2)C[C@H]1C(N)=O. The van der Waals surface area contributed by atoms with Crippen LogP contribution in [0.1, 0.15) is 173 Å². The number of alkyl halides is 12. The second kappa shape index (κ2) is 38.6. The first-order chi connectivity index (χ1) is 62.4. The van der Waals surface area contributed by atoms with Crippen molar-refractivity contribution in [3.05, 3.63) is 129 Å². The predicted octanol–water partition coefficient (Wildman–Crippen LogP) is 5.85. The van der Waals surface area contributed by atoms with Crippen molar-refractivity contribution in [2.24, 2.45) is 5.73 Å². The van der Waals surface area contributed by atoms with Crippen LogP contribution in [-0.4, -0.2) is 299 Å². The molecule has 10 heterocycles. The molecule has 14 rings (SSSR count). The van der Waals surface area contributed by atoms with Crippen molar-refractivity contribution in [1.29, 1.82) is 0 Å². The lowest BCUT2D eigenvalue weighted by Crippen LogP contribution is -2.59. The number of nitrogens with zero attached hydrogens (tertiary/aromatic N) is 10. The first kappa shape index (κ1) is 95.9. The van der Waals surface area contributed by atoms with Gasteiger partial charge in [0.05, 0.1) is 22.3 Å². The topological polar surface area (TPSA) is 387 Å². The van der Waals surface area contributed by atoms with E-state index in [4.69, 9.17) is 30.2 Å². The van der Waals surface area contributed by atoms with Crippen LogP contribution in [0.4, 0.5) is 64.1 Å². The summed E-state index contributed by atoms with van der Waals surface area (Å²) in [7, 11) is 0. The van der Waals surface area contributed by atoms with E-state index in [-0.39, 0.29) is 159 Å². The minimum Gasteiger partial charge on any atom is -0.368 e. The molecule has 0 aromatic heterocycles. The van der Waals surface area contributed by atoms with Crippen molar-refractivity contribution in [3.63, 3.8) is 0 Å². The number of carbonyl (C=O) groups is 15. The van der Waals surface area contributed by atoms with Gasteiger partial charge in [-0.1, -0.05) is 24.3 Å². The van der Waals surface area contributed by atoms with Crippen molar-refractivity contribution >= 4 is 135 Å². The molecule has 10 saturated heterocycles. The van der Waals surface area contributed by atoms with Crippen LogP contribution in [-0.2, 0) is 77.4 Å². The maximum Gasteiger partial charge on any atom is 0.416 e. The standard InChI is InChI=1S/C86H93F12N17O15S2/c1-44(118)112-38-56(101-71(121)48-20-16-46(43-117)17-21-48)35-66(112)78(128)109-25-2-8-59(109)72(122)107-23-6-12-63(107)76(126)114-40-58(105-82(132)103-54-32-51(85(93,94)95)29-52(33-54)86(96,97)98)37-68(114)80(130)111-27-4-10-61(111)74(124)108-24-7-13-64(108)77(127)115-41-57(104-81(131)102-53-30-49(83(87,88)89)28-50(31-53)84(90,91)92)36-67(115)79(129)110-26-3-9-60(110)73(123)106-22-5-11-62(106)75(125)113-39-55(34-65(113)69(99)119)100-70(120)47-18-14-45(42-116)15-19-47/h14-21,28-33,42-43,55-68H,2-13,22-27,34-41H2,1H3,(H2,99,119)(H,100,120)(H,101,121)(H2,102,104,131)(H2,103,105,132)/t55-,56-,57-,58-,59-,60-,61-,62-,63-,64-,65-,66-,67-,68-/m0/s1. The number of carbonyl (C=O) groups excluding carboxylic acids is 15. The molecule has 46 heteroatoms. The van der Waals surface area contributed by atoms with Crippen LogP contribution in [0.3, 0.4) is 0 Å². The van der Waals surface area contributed by atoms with E-state index in [1.54, 1.807) is 0 Å². The van der Waals surface area contributed by atoms with Crippen molar-refractivity contribution in [1.82, 2.24) is 70.3 Å². The van der Waals surface area contributed by atoms with Gasteiger partial charge in [-0.25, -0.2) is 0 Å². The molecule has 0 unspecified atom stereocenters. The highest BCUT2D eigenvalue weighted by atomic mass is 32.1. The minimum atomic E-state index is -5.28. The zero-order valence-electron chi connectivity index (χ0n) is 70.7. The van der Waals surface area contributed by atoms with Crippen LogP contribution in [0.2, 0.25) is 0 Å². The molecule has 0 saturated carbocycles. The maximum atomic E-state index is 15.8. The Labute approximate surface area is 757 Å². The molecule has 13 amide bonds. The predicted molar refractivity (Wildman–Crippen MR) is 449 cm³/mol. The lowest BCUT2D eigenvalue weighted by atomic mass is 10.1. The molecule has 0 spiro atoms. The van der Waals surface area contributed by atoms with E-state index in [1.165, 1.54) is 94.7 Å². The third-order valence-corrected chi connectivity index (χ3v) is 26.7. The van der Waals surface area contributed by atoms with Gasteiger partial charge in [-0.05, 0) is 188 Å². The second-order valence-corrected chi connectivity index (χ2v) is 35.5. The average Bonchev–Trinajstić information content (AvgIpc) is 1.65. The third-order valence-electron chi connectivity index (χ3n) is 26.2. The molecule has 10 fully saturated rings. The van der Waals surface area contributed by atoms with E-state index in [1.807, 2.05) is 0 Å². The molecule has 132 heavy (non-hydrogen) atoms. The summed E-state index contributed by atoms with van der Waals surface area (Å²) in [4.78, 5) is 226.